The SMILES string of the molecule is Cc1nc(NC(=O)Cc2c(C)nc(SCc3cccc(Cl)c3)[nH]c2=O)sc1C(=O)N(C)C. The summed E-state index contributed by atoms with van der Waals surface area (Å²) in [6.45, 7) is 3.41. The molecular formula is C21H22ClN5O3S2. The topological polar surface area (TPSA) is 108 Å². The molecule has 0 fully saturated rings. The van der Waals surface area contributed by atoms with Crippen LogP contribution < -0.4 is 10.9 Å². The molecule has 2 aromatic heterocycles. The summed E-state index contributed by atoms with van der Waals surface area (Å²) in [4.78, 5) is 50.5. The molecule has 0 bridgehead atoms. The monoisotopic (exact) mass is 491 g/mol. The van der Waals surface area contributed by atoms with Crippen LogP contribution in [0.25, 0.3) is 0 Å². The van der Waals surface area contributed by atoms with Crippen molar-refractivity contribution in [1.29, 1.82) is 0 Å². The van der Waals surface area contributed by atoms with Gasteiger partial charge in [0, 0.05) is 36.1 Å². The third-order valence-electron chi connectivity index (χ3n) is 4.45. The number of nitrogens with zero attached hydrogens (tertiary/aromatic N) is 3. The molecule has 0 aliphatic rings. The second-order valence-corrected chi connectivity index (χ2v) is 9.61. The fourth-order valence-electron chi connectivity index (χ4n) is 2.82. The molecule has 0 unspecified atom stereocenters. The normalized spacial score (nSPS) is 10.8. The van der Waals surface area contributed by atoms with E-state index in [2.05, 4.69) is 20.3 Å². The Morgan fingerprint density at radius 2 is 1.97 bits per heavy atom. The van der Waals surface area contributed by atoms with E-state index in [1.165, 1.54) is 16.7 Å². The van der Waals surface area contributed by atoms with Crippen molar-refractivity contribution in [3.05, 3.63) is 67.0 Å². The second-order valence-electron chi connectivity index (χ2n) is 7.21. The second kappa shape index (κ2) is 10.3. The van der Waals surface area contributed by atoms with Gasteiger partial charge in [-0.2, -0.15) is 0 Å². The van der Waals surface area contributed by atoms with Gasteiger partial charge in [0.2, 0.25) is 5.91 Å². The lowest BCUT2D eigenvalue weighted by Gasteiger charge is -2.08. The number of aromatic nitrogens is 3. The Kier molecular flexibility index (Phi) is 7.70. The first-order chi connectivity index (χ1) is 15.1. The van der Waals surface area contributed by atoms with E-state index in [-0.39, 0.29) is 23.5 Å². The van der Waals surface area contributed by atoms with Crippen LogP contribution in [0.2, 0.25) is 5.02 Å². The Hall–Kier alpha value is -2.69. The predicted molar refractivity (Wildman–Crippen MR) is 128 cm³/mol. The lowest BCUT2D eigenvalue weighted by Crippen LogP contribution is -2.23. The van der Waals surface area contributed by atoms with Crippen LogP contribution in [-0.2, 0) is 17.0 Å². The van der Waals surface area contributed by atoms with Crippen molar-refractivity contribution in [3.8, 4) is 0 Å². The summed E-state index contributed by atoms with van der Waals surface area (Å²) in [6, 6.07) is 7.47. The van der Waals surface area contributed by atoms with E-state index in [4.69, 9.17) is 11.6 Å². The molecule has 2 N–H and O–H groups in total. The van der Waals surface area contributed by atoms with Crippen LogP contribution in [0.5, 0.6) is 0 Å². The molecule has 3 rings (SSSR count). The Labute approximate surface area is 198 Å². The van der Waals surface area contributed by atoms with Crippen LogP contribution in [0.3, 0.4) is 0 Å². The molecule has 0 atom stereocenters. The average Bonchev–Trinajstić information content (AvgIpc) is 3.08. The zero-order valence-corrected chi connectivity index (χ0v) is 20.4. The van der Waals surface area contributed by atoms with Crippen molar-refractivity contribution in [2.24, 2.45) is 0 Å². The van der Waals surface area contributed by atoms with Crippen LogP contribution in [0.1, 0.15) is 32.2 Å². The molecule has 3 aromatic rings. The number of carbonyl (C=O) groups excluding carboxylic acids is 2. The number of anilines is 1. The lowest BCUT2D eigenvalue weighted by molar-refractivity contribution is -0.115. The van der Waals surface area contributed by atoms with E-state index in [0.29, 0.717) is 37.3 Å². The minimum atomic E-state index is -0.405. The van der Waals surface area contributed by atoms with Gasteiger partial charge in [-0.3, -0.25) is 14.4 Å². The highest BCUT2D eigenvalue weighted by Crippen LogP contribution is 2.24. The maximum absolute atomic E-state index is 12.6. The molecule has 2 amide bonds. The van der Waals surface area contributed by atoms with Crippen LogP contribution in [0, 0.1) is 13.8 Å². The maximum Gasteiger partial charge on any atom is 0.265 e. The van der Waals surface area contributed by atoms with Crippen LogP contribution in [-0.4, -0.2) is 45.8 Å². The zero-order valence-electron chi connectivity index (χ0n) is 18.0. The van der Waals surface area contributed by atoms with Crippen molar-refractivity contribution in [3.63, 3.8) is 0 Å². The molecule has 0 radical (unpaired) electrons. The summed E-state index contributed by atoms with van der Waals surface area (Å²) in [5, 5.41) is 4.10. The molecule has 0 saturated carbocycles. The standard InChI is InChI=1S/C21H22ClN5O3S2/c1-11-15(9-16(28)25-21-24-12(2)17(32-21)19(30)27(3)4)18(29)26-20(23-11)31-10-13-6-5-7-14(22)8-13/h5-8H,9-10H2,1-4H3,(H,23,26,29)(H,24,25,28). The molecule has 0 spiro atoms. The van der Waals surface area contributed by atoms with Gasteiger partial charge in [-0.05, 0) is 31.5 Å². The Bertz CT molecular complexity index is 1220. The molecule has 11 heteroatoms. The summed E-state index contributed by atoms with van der Waals surface area (Å²) in [5.41, 5.74) is 1.96. The molecular weight excluding hydrogens is 470 g/mol. The molecule has 0 saturated heterocycles. The zero-order chi connectivity index (χ0) is 23.4. The number of H-pyrrole nitrogens is 1. The fraction of sp³-hybridized carbons (Fsp3) is 0.286. The van der Waals surface area contributed by atoms with E-state index >= 15 is 0 Å². The summed E-state index contributed by atoms with van der Waals surface area (Å²) in [5.74, 6) is 0.0142. The van der Waals surface area contributed by atoms with Gasteiger partial charge in [-0.1, -0.05) is 46.8 Å². The largest absolute Gasteiger partial charge is 0.344 e. The van der Waals surface area contributed by atoms with E-state index in [9.17, 15) is 14.4 Å². The quantitative estimate of drug-likeness (QED) is 0.385. The van der Waals surface area contributed by atoms with Crippen molar-refractivity contribution < 1.29 is 9.59 Å². The third kappa shape index (κ3) is 5.96. The lowest BCUT2D eigenvalue weighted by atomic mass is 10.1. The minimum Gasteiger partial charge on any atom is -0.344 e. The molecule has 2 heterocycles. The maximum atomic E-state index is 12.6. The molecule has 32 heavy (non-hydrogen) atoms. The number of halogens is 1. The van der Waals surface area contributed by atoms with Crippen molar-refractivity contribution in [2.45, 2.75) is 31.2 Å². The van der Waals surface area contributed by atoms with Gasteiger partial charge < -0.3 is 15.2 Å². The van der Waals surface area contributed by atoms with Gasteiger partial charge in [0.05, 0.1) is 12.1 Å². The third-order valence-corrected chi connectivity index (χ3v) is 6.69. The molecule has 168 valence electrons. The number of benzene rings is 1. The first-order valence-electron chi connectivity index (χ1n) is 9.60. The Morgan fingerprint density at radius 1 is 1.22 bits per heavy atom. The number of aromatic amines is 1. The highest BCUT2D eigenvalue weighted by atomic mass is 35.5. The van der Waals surface area contributed by atoms with Crippen molar-refractivity contribution in [2.75, 3.05) is 19.4 Å². The predicted octanol–water partition coefficient (Wildman–Crippen LogP) is 3.67. The highest BCUT2D eigenvalue weighted by molar-refractivity contribution is 7.98. The van der Waals surface area contributed by atoms with E-state index in [0.717, 1.165) is 16.9 Å². The first kappa shape index (κ1) is 24.0. The number of nitrogens with one attached hydrogen (secondary N) is 2. The molecule has 0 aliphatic heterocycles. The average molecular weight is 492 g/mol. The number of hydrogen-bond donors (Lipinski definition) is 2. The van der Waals surface area contributed by atoms with E-state index < -0.39 is 5.91 Å². The highest BCUT2D eigenvalue weighted by Gasteiger charge is 2.19. The number of rotatable bonds is 7. The summed E-state index contributed by atoms with van der Waals surface area (Å²) in [6.07, 6.45) is -0.150. The van der Waals surface area contributed by atoms with Crippen molar-refractivity contribution in [1.82, 2.24) is 19.9 Å². The van der Waals surface area contributed by atoms with Crippen LogP contribution >= 0.6 is 34.7 Å². The fourth-order valence-corrected chi connectivity index (χ4v) is 4.88. The molecule has 1 aromatic carbocycles. The van der Waals surface area contributed by atoms with E-state index in [1.54, 1.807) is 34.0 Å². The van der Waals surface area contributed by atoms with Crippen LogP contribution in [0.15, 0.2) is 34.2 Å². The summed E-state index contributed by atoms with van der Waals surface area (Å²) < 4.78 is 0. The Morgan fingerprint density at radius 3 is 2.62 bits per heavy atom. The number of amides is 2. The number of hydrogen-bond acceptors (Lipinski definition) is 7. The van der Waals surface area contributed by atoms with Gasteiger partial charge in [0.15, 0.2) is 10.3 Å². The number of thiazole rings is 1. The summed E-state index contributed by atoms with van der Waals surface area (Å²) in [7, 11) is 3.30. The van der Waals surface area contributed by atoms with Gasteiger partial charge in [-0.15, -0.1) is 0 Å². The van der Waals surface area contributed by atoms with E-state index in [1.807, 2.05) is 18.2 Å². The number of aryl methyl sites for hydroxylation is 2. The minimum absolute atomic E-state index is 0.150. The molecule has 8 nitrogen and oxygen atoms in total. The Balaban J connectivity index is 1.67. The van der Waals surface area contributed by atoms with Gasteiger partial charge in [-0.25, -0.2) is 9.97 Å². The molecule has 0 aliphatic carbocycles. The van der Waals surface area contributed by atoms with Gasteiger partial charge in [0.25, 0.3) is 11.5 Å². The number of carbonyl (C=O) groups is 2. The van der Waals surface area contributed by atoms with Crippen LogP contribution in [0.4, 0.5) is 5.13 Å². The smallest absolute Gasteiger partial charge is 0.265 e. The first-order valence-corrected chi connectivity index (χ1v) is 11.8. The number of thioether (sulfide) groups is 1. The summed E-state index contributed by atoms with van der Waals surface area (Å²) >= 11 is 8.48. The van der Waals surface area contributed by atoms with Gasteiger partial charge in [0.1, 0.15) is 4.88 Å². The van der Waals surface area contributed by atoms with Crippen molar-refractivity contribution >= 4 is 51.6 Å². The van der Waals surface area contributed by atoms with Gasteiger partial charge >= 0.3 is 0 Å².